The number of benzene rings is 1. The average molecular weight is 319 g/mol. The number of rotatable bonds is 7. The molecule has 2 atom stereocenters. The van der Waals surface area contributed by atoms with Crippen molar-refractivity contribution in [2.75, 3.05) is 19.7 Å². The van der Waals surface area contributed by atoms with E-state index in [4.69, 9.17) is 9.84 Å². The SMILES string of the molecule is CCOC(C(=O)N1CCCC(CCC(=O)O)C1)c1ccccc1. The van der Waals surface area contributed by atoms with Crippen molar-refractivity contribution in [3.05, 3.63) is 35.9 Å². The molecular weight excluding hydrogens is 294 g/mol. The molecule has 0 saturated carbocycles. The zero-order valence-electron chi connectivity index (χ0n) is 13.6. The predicted octanol–water partition coefficient (Wildman–Crippen LogP) is 2.87. The molecule has 0 spiro atoms. The summed E-state index contributed by atoms with van der Waals surface area (Å²) in [6.45, 7) is 3.71. The fraction of sp³-hybridized carbons (Fsp3) is 0.556. The molecule has 1 aliphatic heterocycles. The number of ether oxygens (including phenoxy) is 1. The number of likely N-dealkylation sites (tertiary alicyclic amines) is 1. The lowest BCUT2D eigenvalue weighted by molar-refractivity contribution is -0.146. The summed E-state index contributed by atoms with van der Waals surface area (Å²) in [4.78, 5) is 25.4. The van der Waals surface area contributed by atoms with Gasteiger partial charge < -0.3 is 14.7 Å². The molecule has 1 heterocycles. The predicted molar refractivity (Wildman–Crippen MR) is 87.0 cm³/mol. The minimum atomic E-state index is -0.773. The molecule has 1 N–H and O–H groups in total. The smallest absolute Gasteiger partial charge is 0.303 e. The van der Waals surface area contributed by atoms with Crippen LogP contribution < -0.4 is 0 Å². The van der Waals surface area contributed by atoms with Crippen LogP contribution in [0.25, 0.3) is 0 Å². The maximum atomic E-state index is 12.9. The van der Waals surface area contributed by atoms with Gasteiger partial charge in [0.15, 0.2) is 6.10 Å². The number of hydrogen-bond acceptors (Lipinski definition) is 3. The Balaban J connectivity index is 2.02. The van der Waals surface area contributed by atoms with Gasteiger partial charge in [-0.3, -0.25) is 9.59 Å². The summed E-state index contributed by atoms with van der Waals surface area (Å²) in [7, 11) is 0. The molecule has 1 aromatic carbocycles. The van der Waals surface area contributed by atoms with Gasteiger partial charge >= 0.3 is 5.97 Å². The third-order valence-electron chi connectivity index (χ3n) is 4.26. The maximum Gasteiger partial charge on any atom is 0.303 e. The minimum Gasteiger partial charge on any atom is -0.481 e. The number of carboxylic acids is 1. The van der Waals surface area contributed by atoms with Gasteiger partial charge in [0.25, 0.3) is 5.91 Å². The first kappa shape index (κ1) is 17.5. The van der Waals surface area contributed by atoms with Gasteiger partial charge in [-0.1, -0.05) is 30.3 Å². The minimum absolute atomic E-state index is 0.0157. The van der Waals surface area contributed by atoms with Gasteiger partial charge in [-0.25, -0.2) is 0 Å². The number of carboxylic acid groups (broad SMARTS) is 1. The zero-order valence-corrected chi connectivity index (χ0v) is 13.6. The Morgan fingerprint density at radius 2 is 2.09 bits per heavy atom. The van der Waals surface area contributed by atoms with Crippen molar-refractivity contribution in [1.82, 2.24) is 4.90 Å². The van der Waals surface area contributed by atoms with E-state index in [9.17, 15) is 9.59 Å². The van der Waals surface area contributed by atoms with Gasteiger partial charge in [-0.15, -0.1) is 0 Å². The van der Waals surface area contributed by atoms with E-state index >= 15 is 0 Å². The summed E-state index contributed by atoms with van der Waals surface area (Å²) >= 11 is 0. The van der Waals surface area contributed by atoms with Crippen LogP contribution in [0.5, 0.6) is 0 Å². The number of amides is 1. The number of aliphatic carboxylic acids is 1. The molecule has 1 aromatic rings. The second-order valence-corrected chi connectivity index (χ2v) is 5.97. The van der Waals surface area contributed by atoms with Crippen molar-refractivity contribution < 1.29 is 19.4 Å². The summed E-state index contributed by atoms with van der Waals surface area (Å²) in [5, 5.41) is 8.83. The summed E-state index contributed by atoms with van der Waals surface area (Å²) in [6.07, 6.45) is 2.13. The molecule has 1 saturated heterocycles. The van der Waals surface area contributed by atoms with Gasteiger partial charge in [0.1, 0.15) is 0 Å². The second kappa shape index (κ2) is 8.67. The summed E-state index contributed by atoms with van der Waals surface area (Å²) in [6, 6.07) is 9.54. The van der Waals surface area contributed by atoms with Crippen molar-refractivity contribution in [2.45, 2.75) is 38.7 Å². The molecule has 5 heteroatoms. The Bertz CT molecular complexity index is 517. The van der Waals surface area contributed by atoms with Crippen molar-refractivity contribution in [2.24, 2.45) is 5.92 Å². The summed E-state index contributed by atoms with van der Waals surface area (Å²) in [5.41, 5.74) is 0.868. The Kier molecular flexibility index (Phi) is 6.59. The highest BCUT2D eigenvalue weighted by Gasteiger charge is 2.30. The normalized spacial score (nSPS) is 19.3. The molecule has 0 aromatic heterocycles. The van der Waals surface area contributed by atoms with Gasteiger partial charge in [0.05, 0.1) is 0 Å². The van der Waals surface area contributed by atoms with E-state index in [0.717, 1.165) is 24.9 Å². The molecule has 0 aliphatic carbocycles. The molecule has 23 heavy (non-hydrogen) atoms. The van der Waals surface area contributed by atoms with Gasteiger partial charge in [0, 0.05) is 26.1 Å². The van der Waals surface area contributed by atoms with Gasteiger partial charge in [0.2, 0.25) is 0 Å². The van der Waals surface area contributed by atoms with Crippen LogP contribution in [0.2, 0.25) is 0 Å². The highest BCUT2D eigenvalue weighted by molar-refractivity contribution is 5.82. The number of carbonyl (C=O) groups is 2. The number of hydrogen-bond donors (Lipinski definition) is 1. The van der Waals surface area contributed by atoms with Crippen molar-refractivity contribution in [3.8, 4) is 0 Å². The first-order valence-corrected chi connectivity index (χ1v) is 8.29. The number of piperidine rings is 1. The van der Waals surface area contributed by atoms with Crippen LogP contribution in [0.1, 0.15) is 44.3 Å². The van der Waals surface area contributed by atoms with E-state index in [1.807, 2.05) is 42.2 Å². The van der Waals surface area contributed by atoms with Crippen molar-refractivity contribution in [3.63, 3.8) is 0 Å². The monoisotopic (exact) mass is 319 g/mol. The lowest BCUT2D eigenvalue weighted by Gasteiger charge is -2.35. The highest BCUT2D eigenvalue weighted by Crippen LogP contribution is 2.26. The molecule has 0 bridgehead atoms. The van der Waals surface area contributed by atoms with Crippen LogP contribution in [0.15, 0.2) is 30.3 Å². The highest BCUT2D eigenvalue weighted by atomic mass is 16.5. The fourth-order valence-electron chi connectivity index (χ4n) is 3.10. The van der Waals surface area contributed by atoms with E-state index in [0.29, 0.717) is 19.6 Å². The number of carbonyl (C=O) groups excluding carboxylic acids is 1. The Morgan fingerprint density at radius 3 is 2.74 bits per heavy atom. The Hall–Kier alpha value is -1.88. The first-order chi connectivity index (χ1) is 11.1. The van der Waals surface area contributed by atoms with E-state index in [1.165, 1.54) is 0 Å². The van der Waals surface area contributed by atoms with E-state index in [1.54, 1.807) is 0 Å². The van der Waals surface area contributed by atoms with Gasteiger partial charge in [-0.05, 0) is 37.7 Å². The lowest BCUT2D eigenvalue weighted by Crippen LogP contribution is -2.43. The molecule has 1 fully saturated rings. The van der Waals surface area contributed by atoms with E-state index in [-0.39, 0.29) is 18.2 Å². The molecule has 1 aliphatic rings. The summed E-state index contributed by atoms with van der Waals surface area (Å²) < 4.78 is 5.69. The second-order valence-electron chi connectivity index (χ2n) is 5.97. The summed E-state index contributed by atoms with van der Waals surface area (Å²) in [5.74, 6) is -0.523. The van der Waals surface area contributed by atoms with E-state index < -0.39 is 12.1 Å². The Labute approximate surface area is 137 Å². The fourth-order valence-corrected chi connectivity index (χ4v) is 3.10. The lowest BCUT2D eigenvalue weighted by atomic mass is 9.93. The van der Waals surface area contributed by atoms with Crippen LogP contribution in [-0.2, 0) is 14.3 Å². The molecule has 0 radical (unpaired) electrons. The third-order valence-corrected chi connectivity index (χ3v) is 4.26. The maximum absolute atomic E-state index is 12.9. The van der Waals surface area contributed by atoms with Crippen LogP contribution in [0.4, 0.5) is 0 Å². The Morgan fingerprint density at radius 1 is 1.35 bits per heavy atom. The van der Waals surface area contributed by atoms with Crippen molar-refractivity contribution in [1.29, 1.82) is 0 Å². The van der Waals surface area contributed by atoms with Gasteiger partial charge in [-0.2, -0.15) is 0 Å². The standard InChI is InChI=1S/C18H25NO4/c1-2-23-17(15-8-4-3-5-9-15)18(22)19-12-6-7-14(13-19)10-11-16(20)21/h3-5,8-9,14,17H,2,6-7,10-13H2,1H3,(H,20,21). The molecule has 5 nitrogen and oxygen atoms in total. The first-order valence-electron chi connectivity index (χ1n) is 8.29. The largest absolute Gasteiger partial charge is 0.481 e. The molecule has 126 valence electrons. The third kappa shape index (κ3) is 5.06. The quantitative estimate of drug-likeness (QED) is 0.839. The topological polar surface area (TPSA) is 66.8 Å². The van der Waals surface area contributed by atoms with Crippen LogP contribution in [-0.4, -0.2) is 41.6 Å². The van der Waals surface area contributed by atoms with Crippen LogP contribution >= 0.6 is 0 Å². The van der Waals surface area contributed by atoms with Crippen LogP contribution in [0, 0.1) is 5.92 Å². The molecule has 2 rings (SSSR count). The van der Waals surface area contributed by atoms with Crippen molar-refractivity contribution >= 4 is 11.9 Å². The van der Waals surface area contributed by atoms with E-state index in [2.05, 4.69) is 0 Å². The molecule has 2 unspecified atom stereocenters. The molecule has 1 amide bonds. The number of nitrogens with zero attached hydrogens (tertiary/aromatic N) is 1. The average Bonchev–Trinajstić information content (AvgIpc) is 2.58. The molecular formula is C18H25NO4. The van der Waals surface area contributed by atoms with Crippen LogP contribution in [0.3, 0.4) is 0 Å². The zero-order chi connectivity index (χ0) is 16.7.